The van der Waals surface area contributed by atoms with Crippen LogP contribution in [0.2, 0.25) is 0 Å². The molecular weight excluding hydrogens is 635 g/mol. The summed E-state index contributed by atoms with van der Waals surface area (Å²) in [5.74, 6) is -0.745. The Balaban J connectivity index is 1.10. The van der Waals surface area contributed by atoms with Gasteiger partial charge < -0.3 is 15.3 Å². The Morgan fingerprint density at radius 2 is 1.06 bits per heavy atom. The number of nitrogens with one attached hydrogen (secondary N) is 1. The average Bonchev–Trinajstić information content (AvgIpc) is 3.16. The first-order chi connectivity index (χ1) is 24.9. The first-order valence-corrected chi connectivity index (χ1v) is 18.7. The second-order valence-corrected chi connectivity index (χ2v) is 14.4. The number of anilines is 1. The van der Waals surface area contributed by atoms with Crippen LogP contribution in [0.1, 0.15) is 120 Å². The number of rotatable bonds is 14. The van der Waals surface area contributed by atoms with Gasteiger partial charge in [0.15, 0.2) is 6.23 Å². The molecule has 0 aliphatic carbocycles. The molecule has 0 aromatic heterocycles. The zero-order valence-electron chi connectivity index (χ0n) is 29.6. The summed E-state index contributed by atoms with van der Waals surface area (Å²) >= 11 is 0. The van der Waals surface area contributed by atoms with E-state index in [4.69, 9.17) is 0 Å². The van der Waals surface area contributed by atoms with E-state index in [1.165, 1.54) is 49.8 Å². The highest BCUT2D eigenvalue weighted by atomic mass is 16.3. The first kappa shape index (κ1) is 33.2. The molecule has 7 nitrogen and oxygen atoms in total. The molecule has 6 aromatic rings. The molecule has 6 aromatic carbocycles. The number of fused-ring (bicyclic) bond motifs is 2. The number of unbranched alkanes of at least 4 members (excludes halogenated alkanes) is 9. The zero-order valence-corrected chi connectivity index (χ0v) is 29.6. The lowest BCUT2D eigenvalue weighted by Gasteiger charge is -2.34. The maximum atomic E-state index is 14.0. The first-order valence-electron chi connectivity index (χ1n) is 18.7. The topological polar surface area (TPSA) is 90.0 Å². The van der Waals surface area contributed by atoms with E-state index < -0.39 is 6.23 Å². The third kappa shape index (κ3) is 5.50. The number of carbonyl (C=O) groups is 3. The molecule has 7 heteroatoms. The van der Waals surface area contributed by atoms with E-state index in [0.29, 0.717) is 28.6 Å². The van der Waals surface area contributed by atoms with Crippen LogP contribution in [0.4, 0.5) is 5.69 Å². The number of amides is 3. The predicted octanol–water partition coefficient (Wildman–Crippen LogP) is 9.94. The van der Waals surface area contributed by atoms with Crippen LogP contribution in [0, 0.1) is 0 Å². The molecule has 0 fully saturated rings. The van der Waals surface area contributed by atoms with Crippen molar-refractivity contribution in [2.45, 2.75) is 83.9 Å². The van der Waals surface area contributed by atoms with Gasteiger partial charge in [-0.3, -0.25) is 19.3 Å². The molecule has 8 rings (SSSR count). The lowest BCUT2D eigenvalue weighted by atomic mass is 9.82. The van der Waals surface area contributed by atoms with Crippen LogP contribution in [0.3, 0.4) is 0 Å². The fourth-order valence-electron chi connectivity index (χ4n) is 8.58. The van der Waals surface area contributed by atoms with Crippen molar-refractivity contribution in [1.82, 2.24) is 9.80 Å². The van der Waals surface area contributed by atoms with E-state index in [9.17, 15) is 19.5 Å². The molecule has 0 bridgehead atoms. The minimum Gasteiger partial charge on any atom is -0.388 e. The third-order valence-corrected chi connectivity index (χ3v) is 11.3. The van der Waals surface area contributed by atoms with Crippen molar-refractivity contribution >= 4 is 66.5 Å². The molecule has 0 spiro atoms. The molecule has 0 saturated heterocycles. The maximum Gasteiger partial charge on any atom is 0.261 e. The Bertz CT molecular complexity index is 2240. The van der Waals surface area contributed by atoms with E-state index in [1.807, 2.05) is 79.8 Å². The van der Waals surface area contributed by atoms with Crippen molar-refractivity contribution < 1.29 is 19.5 Å². The number of hydrogen-bond acceptors (Lipinski definition) is 5. The smallest absolute Gasteiger partial charge is 0.261 e. The third-order valence-electron chi connectivity index (χ3n) is 11.3. The van der Waals surface area contributed by atoms with Crippen LogP contribution in [-0.2, 0) is 6.54 Å². The normalized spacial score (nSPS) is 15.7. The Kier molecular flexibility index (Phi) is 8.84. The Labute approximate surface area is 298 Å². The molecule has 2 heterocycles. The van der Waals surface area contributed by atoms with Gasteiger partial charge in [-0.2, -0.15) is 0 Å². The summed E-state index contributed by atoms with van der Waals surface area (Å²) in [7, 11) is 1.85. The second-order valence-electron chi connectivity index (χ2n) is 14.4. The number of hydrogen-bond donors (Lipinski definition) is 2. The van der Waals surface area contributed by atoms with E-state index in [1.54, 1.807) is 4.90 Å². The van der Waals surface area contributed by atoms with E-state index in [-0.39, 0.29) is 24.3 Å². The summed E-state index contributed by atoms with van der Waals surface area (Å²) in [6.07, 6.45) is 11.1. The van der Waals surface area contributed by atoms with Crippen molar-refractivity contribution in [3.8, 4) is 0 Å². The molecule has 1 atom stereocenters. The maximum absolute atomic E-state index is 14.0. The van der Waals surface area contributed by atoms with Crippen LogP contribution in [-0.4, -0.2) is 46.2 Å². The number of aliphatic hydroxyl groups excluding tert-OH is 1. The van der Waals surface area contributed by atoms with Gasteiger partial charge in [0.2, 0.25) is 0 Å². The predicted molar refractivity (Wildman–Crippen MR) is 206 cm³/mol. The molecule has 1 unspecified atom stereocenters. The number of nitrogens with zero attached hydrogens (tertiary/aromatic N) is 2. The number of aliphatic hydroxyl groups is 1. The summed E-state index contributed by atoms with van der Waals surface area (Å²) in [5, 5.41) is 21.7. The number of benzene rings is 6. The lowest BCUT2D eigenvalue weighted by molar-refractivity contribution is 0.00419. The largest absolute Gasteiger partial charge is 0.388 e. The Morgan fingerprint density at radius 3 is 1.61 bits per heavy atom. The fourth-order valence-corrected chi connectivity index (χ4v) is 8.58. The van der Waals surface area contributed by atoms with E-state index in [2.05, 4.69) is 12.2 Å². The van der Waals surface area contributed by atoms with E-state index in [0.717, 1.165) is 73.8 Å². The number of carbonyl (C=O) groups excluding carboxylic acids is 3. The molecule has 2 N–H and O–H groups in total. The summed E-state index contributed by atoms with van der Waals surface area (Å²) < 4.78 is 0. The van der Waals surface area contributed by atoms with E-state index >= 15 is 0 Å². The Morgan fingerprint density at radius 1 is 0.569 bits per heavy atom. The summed E-state index contributed by atoms with van der Waals surface area (Å²) in [6.45, 7) is 2.95. The molecule has 2 aliphatic rings. The molecule has 51 heavy (non-hydrogen) atoms. The highest BCUT2D eigenvalue weighted by Crippen LogP contribution is 2.47. The number of imide groups is 1. The van der Waals surface area contributed by atoms with Crippen LogP contribution < -0.4 is 5.32 Å². The highest BCUT2D eigenvalue weighted by molar-refractivity contribution is 6.39. The van der Waals surface area contributed by atoms with Crippen molar-refractivity contribution in [3.05, 3.63) is 101 Å². The van der Waals surface area contributed by atoms with Crippen molar-refractivity contribution in [2.75, 3.05) is 18.9 Å². The van der Waals surface area contributed by atoms with Gasteiger partial charge in [0.25, 0.3) is 17.7 Å². The van der Waals surface area contributed by atoms with Gasteiger partial charge in [-0.15, -0.1) is 0 Å². The van der Waals surface area contributed by atoms with Crippen LogP contribution in [0.5, 0.6) is 0 Å². The molecule has 3 amide bonds. The molecule has 260 valence electrons. The van der Waals surface area contributed by atoms with Crippen molar-refractivity contribution in [3.63, 3.8) is 0 Å². The van der Waals surface area contributed by atoms with Gasteiger partial charge >= 0.3 is 0 Å². The molecule has 0 saturated carbocycles. The fraction of sp³-hybridized carbons (Fsp3) is 0.341. The van der Waals surface area contributed by atoms with Crippen molar-refractivity contribution in [2.24, 2.45) is 0 Å². The van der Waals surface area contributed by atoms with Gasteiger partial charge in [-0.1, -0.05) is 107 Å². The zero-order chi connectivity index (χ0) is 35.2. The molecule has 0 radical (unpaired) electrons. The summed E-state index contributed by atoms with van der Waals surface area (Å²) in [5.41, 5.74) is 4.22. The minimum atomic E-state index is -1.01. The Hall–Kier alpha value is -5.01. The average molecular weight is 680 g/mol. The second kappa shape index (κ2) is 13.6. The summed E-state index contributed by atoms with van der Waals surface area (Å²) in [4.78, 5) is 44.8. The quantitative estimate of drug-likeness (QED) is 0.0518. The van der Waals surface area contributed by atoms with Gasteiger partial charge in [0.05, 0.1) is 6.54 Å². The molecular formula is C44H45N3O4. The van der Waals surface area contributed by atoms with Crippen molar-refractivity contribution in [1.29, 1.82) is 0 Å². The van der Waals surface area contributed by atoms with Gasteiger partial charge in [0.1, 0.15) is 0 Å². The standard InChI is InChI=1S/C44H45N3O4/c1-3-4-5-6-7-8-9-10-11-12-25-46-41(48)33-21-17-29-31-19-23-35-40-36(44(51)47(43(35)50)26-27-13-15-28(45-2)16-14-27)24-20-32(38(31)40)30-18-22-34(42(46)49)39(33)37(29)30/h13-24,41,45,48H,3-12,25-26H2,1-2H3. The monoisotopic (exact) mass is 679 g/mol. The van der Waals surface area contributed by atoms with Gasteiger partial charge in [-0.25, -0.2) is 0 Å². The SMILES string of the molecule is CCCCCCCCCCCCN1C(=O)c2ccc3c4ccc5c6c(ccc(c7ccc(c2c37)C1O)c64)C(=O)N(Cc1ccc(NC)cc1)C5=O. The minimum absolute atomic E-state index is 0.137. The van der Waals surface area contributed by atoms with Gasteiger partial charge in [0, 0.05) is 52.3 Å². The van der Waals surface area contributed by atoms with Crippen LogP contribution in [0.25, 0.3) is 43.1 Å². The van der Waals surface area contributed by atoms with Crippen LogP contribution >= 0.6 is 0 Å². The highest BCUT2D eigenvalue weighted by Gasteiger charge is 2.36. The molecule has 2 aliphatic heterocycles. The lowest BCUT2D eigenvalue weighted by Crippen LogP contribution is -2.39. The van der Waals surface area contributed by atoms with Gasteiger partial charge in [-0.05, 0) is 74.6 Å². The summed E-state index contributed by atoms with van der Waals surface area (Å²) in [6, 6.07) is 23.2. The van der Waals surface area contributed by atoms with Crippen LogP contribution in [0.15, 0.2) is 72.8 Å².